The van der Waals surface area contributed by atoms with Gasteiger partial charge in [-0.25, -0.2) is 9.59 Å². The number of carbonyl (C=O) groups excluding carboxylic acids is 2. The first-order valence-electron chi connectivity index (χ1n) is 6.08. The van der Waals surface area contributed by atoms with Crippen molar-refractivity contribution in [1.29, 1.82) is 0 Å². The van der Waals surface area contributed by atoms with Gasteiger partial charge in [-0.3, -0.25) is 4.79 Å². The minimum absolute atomic E-state index is 0.00848. The first kappa shape index (κ1) is 15.6. The average molecular weight is 289 g/mol. The van der Waals surface area contributed by atoms with E-state index < -0.39 is 23.9 Å². The van der Waals surface area contributed by atoms with E-state index in [1.807, 2.05) is 6.92 Å². The van der Waals surface area contributed by atoms with Crippen molar-refractivity contribution < 1.29 is 19.5 Å². The van der Waals surface area contributed by atoms with Gasteiger partial charge in [0, 0.05) is 30.5 Å². The second kappa shape index (κ2) is 7.22. The molecule has 1 fully saturated rings. The molecule has 0 aromatic heterocycles. The highest BCUT2D eigenvalue weighted by Gasteiger charge is 2.26. The van der Waals surface area contributed by atoms with Crippen LogP contribution in [-0.4, -0.2) is 58.0 Å². The number of nitrogens with one attached hydrogen (secondary N) is 1. The highest BCUT2D eigenvalue weighted by Crippen LogP contribution is 2.17. The number of amides is 3. The van der Waals surface area contributed by atoms with Crippen molar-refractivity contribution in [3.8, 4) is 0 Å². The Hall–Kier alpha value is -1.44. The third-order valence-electron chi connectivity index (χ3n) is 2.80. The minimum Gasteiger partial charge on any atom is -0.480 e. The van der Waals surface area contributed by atoms with Crippen LogP contribution in [0, 0.1) is 0 Å². The van der Waals surface area contributed by atoms with Crippen LogP contribution >= 0.6 is 11.8 Å². The number of hydrogen-bond acceptors (Lipinski definition) is 4. The topological polar surface area (TPSA) is 113 Å². The van der Waals surface area contributed by atoms with E-state index in [0.29, 0.717) is 18.3 Å². The number of thioether (sulfide) groups is 1. The van der Waals surface area contributed by atoms with E-state index in [-0.39, 0.29) is 12.8 Å². The van der Waals surface area contributed by atoms with Gasteiger partial charge in [-0.05, 0) is 6.42 Å². The minimum atomic E-state index is -1.16. The van der Waals surface area contributed by atoms with E-state index in [2.05, 4.69) is 5.32 Å². The molecule has 0 saturated carbocycles. The maximum absolute atomic E-state index is 11.9. The van der Waals surface area contributed by atoms with Gasteiger partial charge in [-0.15, -0.1) is 0 Å². The Morgan fingerprint density at radius 2 is 2.21 bits per heavy atom. The van der Waals surface area contributed by atoms with Crippen molar-refractivity contribution in [1.82, 2.24) is 10.2 Å². The number of hydrogen-bond donors (Lipinski definition) is 3. The third kappa shape index (κ3) is 5.37. The number of urea groups is 1. The summed E-state index contributed by atoms with van der Waals surface area (Å²) >= 11 is 1.78. The van der Waals surface area contributed by atoms with Gasteiger partial charge in [0.2, 0.25) is 5.91 Å². The molecule has 19 heavy (non-hydrogen) atoms. The molecule has 8 heteroatoms. The Morgan fingerprint density at radius 1 is 1.53 bits per heavy atom. The SMILES string of the molecule is CC1CN(C(=O)N[C@@H](CCC(N)=O)C(=O)O)CCS1. The van der Waals surface area contributed by atoms with Crippen molar-refractivity contribution >= 4 is 29.7 Å². The first-order valence-corrected chi connectivity index (χ1v) is 7.13. The predicted octanol–water partition coefficient (Wildman–Crippen LogP) is -0.148. The Kier molecular flexibility index (Phi) is 5.94. The molecule has 0 spiro atoms. The molecule has 0 aromatic rings. The van der Waals surface area contributed by atoms with Crippen LogP contribution in [0.2, 0.25) is 0 Å². The lowest BCUT2D eigenvalue weighted by Gasteiger charge is -2.31. The number of carbonyl (C=O) groups is 3. The quantitative estimate of drug-likeness (QED) is 0.651. The maximum atomic E-state index is 11.9. The molecule has 1 unspecified atom stereocenters. The Balaban J connectivity index is 2.50. The van der Waals surface area contributed by atoms with E-state index in [1.165, 1.54) is 0 Å². The smallest absolute Gasteiger partial charge is 0.326 e. The van der Waals surface area contributed by atoms with Crippen LogP contribution in [0.5, 0.6) is 0 Å². The van der Waals surface area contributed by atoms with E-state index in [1.54, 1.807) is 16.7 Å². The van der Waals surface area contributed by atoms with Gasteiger partial charge < -0.3 is 21.1 Å². The molecular weight excluding hydrogens is 270 g/mol. The lowest BCUT2D eigenvalue weighted by molar-refractivity contribution is -0.139. The summed E-state index contributed by atoms with van der Waals surface area (Å²) in [5.74, 6) is -0.898. The van der Waals surface area contributed by atoms with Crippen LogP contribution in [0.25, 0.3) is 0 Å². The lowest BCUT2D eigenvalue weighted by atomic mass is 10.1. The van der Waals surface area contributed by atoms with Gasteiger partial charge in [0.15, 0.2) is 0 Å². The summed E-state index contributed by atoms with van der Waals surface area (Å²) in [7, 11) is 0. The molecule has 0 aliphatic carbocycles. The van der Waals surface area contributed by atoms with E-state index in [9.17, 15) is 14.4 Å². The number of nitrogens with zero attached hydrogens (tertiary/aromatic N) is 1. The van der Waals surface area contributed by atoms with E-state index >= 15 is 0 Å². The summed E-state index contributed by atoms with van der Waals surface area (Å²) in [6.07, 6.45) is -0.0575. The second-order valence-electron chi connectivity index (χ2n) is 4.47. The van der Waals surface area contributed by atoms with Crippen LogP contribution in [0.15, 0.2) is 0 Å². The van der Waals surface area contributed by atoms with Gasteiger partial charge in [-0.1, -0.05) is 6.92 Å². The molecule has 4 N–H and O–H groups in total. The van der Waals surface area contributed by atoms with Gasteiger partial charge in [0.05, 0.1) is 0 Å². The van der Waals surface area contributed by atoms with Crippen LogP contribution in [0.4, 0.5) is 4.79 Å². The predicted molar refractivity (Wildman–Crippen MR) is 71.9 cm³/mol. The number of nitrogens with two attached hydrogens (primary N) is 1. The van der Waals surface area contributed by atoms with Gasteiger partial charge in [-0.2, -0.15) is 11.8 Å². The normalized spacial score (nSPS) is 20.7. The highest BCUT2D eigenvalue weighted by atomic mass is 32.2. The van der Waals surface area contributed by atoms with Crippen LogP contribution < -0.4 is 11.1 Å². The van der Waals surface area contributed by atoms with Crippen LogP contribution in [-0.2, 0) is 9.59 Å². The largest absolute Gasteiger partial charge is 0.480 e. The molecule has 1 heterocycles. The fourth-order valence-corrected chi connectivity index (χ4v) is 2.80. The number of aliphatic carboxylic acids is 1. The Labute approximate surface area is 115 Å². The van der Waals surface area contributed by atoms with Crippen LogP contribution in [0.3, 0.4) is 0 Å². The molecule has 2 atom stereocenters. The van der Waals surface area contributed by atoms with Crippen molar-refractivity contribution in [3.63, 3.8) is 0 Å². The van der Waals surface area contributed by atoms with Crippen molar-refractivity contribution in [2.75, 3.05) is 18.8 Å². The molecule has 1 aliphatic heterocycles. The molecule has 3 amide bonds. The summed E-state index contributed by atoms with van der Waals surface area (Å²) in [6, 6.07) is -1.48. The Bertz CT molecular complexity index is 364. The molecule has 0 bridgehead atoms. The summed E-state index contributed by atoms with van der Waals surface area (Å²) in [5, 5.41) is 11.8. The van der Waals surface area contributed by atoms with Gasteiger partial charge >= 0.3 is 12.0 Å². The summed E-state index contributed by atoms with van der Waals surface area (Å²) in [6.45, 7) is 3.22. The third-order valence-corrected chi connectivity index (χ3v) is 3.94. The van der Waals surface area contributed by atoms with Gasteiger partial charge in [0.25, 0.3) is 0 Å². The molecule has 1 saturated heterocycles. The molecule has 7 nitrogen and oxygen atoms in total. The number of primary amides is 1. The van der Waals surface area contributed by atoms with Crippen molar-refractivity contribution in [2.45, 2.75) is 31.1 Å². The fourth-order valence-electron chi connectivity index (χ4n) is 1.79. The second-order valence-corrected chi connectivity index (χ2v) is 6.02. The van der Waals surface area contributed by atoms with Crippen LogP contribution in [0.1, 0.15) is 19.8 Å². The average Bonchev–Trinajstić information content (AvgIpc) is 2.33. The van der Waals surface area contributed by atoms with E-state index in [0.717, 1.165) is 5.75 Å². The molecule has 1 aliphatic rings. The number of carboxylic acid groups (broad SMARTS) is 1. The maximum Gasteiger partial charge on any atom is 0.326 e. The molecular formula is C11H19N3O4S. The highest BCUT2D eigenvalue weighted by molar-refractivity contribution is 7.99. The molecule has 1 rings (SSSR count). The Morgan fingerprint density at radius 3 is 2.74 bits per heavy atom. The molecule has 108 valence electrons. The van der Waals surface area contributed by atoms with Crippen molar-refractivity contribution in [3.05, 3.63) is 0 Å². The monoisotopic (exact) mass is 289 g/mol. The first-order chi connectivity index (χ1) is 8.90. The number of carboxylic acids is 1. The molecule has 0 radical (unpaired) electrons. The molecule has 0 aromatic carbocycles. The summed E-state index contributed by atoms with van der Waals surface area (Å²) in [4.78, 5) is 35.2. The fraction of sp³-hybridized carbons (Fsp3) is 0.727. The zero-order chi connectivity index (χ0) is 14.4. The summed E-state index contributed by atoms with van der Waals surface area (Å²) in [5.41, 5.74) is 4.97. The zero-order valence-electron chi connectivity index (χ0n) is 10.8. The zero-order valence-corrected chi connectivity index (χ0v) is 11.6. The lowest BCUT2D eigenvalue weighted by Crippen LogP contribution is -2.51. The summed E-state index contributed by atoms with van der Waals surface area (Å²) < 4.78 is 0. The van der Waals surface area contributed by atoms with Gasteiger partial charge in [0.1, 0.15) is 6.04 Å². The standard InChI is InChI=1S/C11H19N3O4S/c1-7-6-14(4-5-19-7)11(18)13-8(10(16)17)2-3-9(12)15/h7-8H,2-6H2,1H3,(H2,12,15)(H,13,18)(H,16,17)/t7?,8-/m0/s1. The number of rotatable bonds is 5. The van der Waals surface area contributed by atoms with E-state index in [4.69, 9.17) is 10.8 Å². The van der Waals surface area contributed by atoms with Crippen molar-refractivity contribution in [2.24, 2.45) is 5.73 Å².